The Morgan fingerprint density at radius 2 is 1.89 bits per heavy atom. The lowest BCUT2D eigenvalue weighted by molar-refractivity contribution is -0.385. The zero-order valence-corrected chi connectivity index (χ0v) is 11.3. The Labute approximate surface area is 105 Å². The van der Waals surface area contributed by atoms with Crippen LogP contribution in [0.25, 0.3) is 0 Å². The zero-order chi connectivity index (χ0) is 14.1. The maximum absolute atomic E-state index is 12.0. The summed E-state index contributed by atoms with van der Waals surface area (Å²) in [5, 5.41) is 10.9. The van der Waals surface area contributed by atoms with E-state index in [-0.39, 0.29) is 10.6 Å². The molecule has 0 bridgehead atoms. The van der Waals surface area contributed by atoms with Crippen molar-refractivity contribution in [2.75, 3.05) is 14.2 Å². The Bertz CT molecular complexity index is 582. The third-order valence-corrected chi connectivity index (χ3v) is 4.36. The number of benzene rings is 1. The molecule has 0 aromatic heterocycles. The Balaban J connectivity index is 3.50. The van der Waals surface area contributed by atoms with E-state index in [1.54, 1.807) is 13.8 Å². The normalized spacial score (nSPS) is 11.8. The van der Waals surface area contributed by atoms with E-state index in [0.717, 1.165) is 6.07 Å². The van der Waals surface area contributed by atoms with Gasteiger partial charge in [-0.1, -0.05) is 4.47 Å². The van der Waals surface area contributed by atoms with Gasteiger partial charge < -0.3 is 0 Å². The Morgan fingerprint density at radius 3 is 2.33 bits per heavy atom. The number of aryl methyl sites for hydroxylation is 1. The molecule has 0 saturated carbocycles. The topological polar surface area (TPSA) is 89.8 Å². The lowest BCUT2D eigenvalue weighted by atomic mass is 10.1. The van der Waals surface area contributed by atoms with E-state index in [4.69, 9.17) is 0 Å². The van der Waals surface area contributed by atoms with Gasteiger partial charge in [-0.15, -0.1) is 0 Å². The molecule has 1 rings (SSSR count). The molecule has 0 radical (unpaired) electrons. The molecule has 0 spiro atoms. The summed E-state index contributed by atoms with van der Waals surface area (Å²) in [6, 6.07) is 2.42. The Hall–Kier alpha value is -1.51. The van der Waals surface area contributed by atoms with Crippen molar-refractivity contribution >= 4 is 15.7 Å². The van der Waals surface area contributed by atoms with Crippen molar-refractivity contribution in [3.05, 3.63) is 33.4 Å². The van der Waals surface area contributed by atoms with E-state index < -0.39 is 14.9 Å². The molecule has 0 aliphatic heterocycles. The van der Waals surface area contributed by atoms with Crippen LogP contribution in [0.1, 0.15) is 11.1 Å². The van der Waals surface area contributed by atoms with Crippen LogP contribution in [0.2, 0.25) is 0 Å². The minimum atomic E-state index is -3.88. The summed E-state index contributed by atoms with van der Waals surface area (Å²) in [7, 11) is -1.46. The molecule has 0 amide bonds. The van der Waals surface area contributed by atoms with Crippen LogP contribution in [-0.4, -0.2) is 32.0 Å². The first-order valence-electron chi connectivity index (χ1n) is 5.00. The maximum atomic E-state index is 12.0. The van der Waals surface area contributed by atoms with Gasteiger partial charge in [-0.3, -0.25) is 15.0 Å². The van der Waals surface area contributed by atoms with Gasteiger partial charge in [-0.05, 0) is 25.5 Å². The number of rotatable bonds is 4. The molecular weight excluding hydrogens is 260 g/mol. The molecule has 0 unspecified atom stereocenters. The molecule has 1 aromatic rings. The average Bonchev–Trinajstić information content (AvgIpc) is 2.30. The highest BCUT2D eigenvalue weighted by atomic mass is 32.2. The van der Waals surface area contributed by atoms with Crippen LogP contribution in [0.3, 0.4) is 0 Å². The van der Waals surface area contributed by atoms with Crippen LogP contribution in [0, 0.1) is 24.0 Å². The molecule has 0 N–H and O–H groups in total. The van der Waals surface area contributed by atoms with Crippen LogP contribution < -0.4 is 0 Å². The summed E-state index contributed by atoms with van der Waals surface area (Å²) < 4.78 is 24.6. The average molecular weight is 274 g/mol. The third kappa shape index (κ3) is 2.50. The number of nitro benzene ring substituents is 1. The number of hydrogen-bond donors (Lipinski definition) is 0. The highest BCUT2D eigenvalue weighted by Crippen LogP contribution is 2.27. The van der Waals surface area contributed by atoms with E-state index in [0.29, 0.717) is 15.6 Å². The third-order valence-electron chi connectivity index (χ3n) is 2.70. The minimum Gasteiger partial charge on any atom is -0.288 e. The van der Waals surface area contributed by atoms with Gasteiger partial charge in [0, 0.05) is 18.7 Å². The van der Waals surface area contributed by atoms with Crippen molar-refractivity contribution in [1.82, 2.24) is 4.47 Å². The molecule has 7 nitrogen and oxygen atoms in total. The predicted octanol–water partition coefficient (Wildman–Crippen LogP) is 1.39. The van der Waals surface area contributed by atoms with Gasteiger partial charge in [0.2, 0.25) is 0 Å². The first-order chi connectivity index (χ1) is 8.21. The fourth-order valence-corrected chi connectivity index (χ4v) is 2.47. The van der Waals surface area contributed by atoms with Crippen LogP contribution in [0.4, 0.5) is 5.69 Å². The first-order valence-corrected chi connectivity index (χ1v) is 6.44. The lowest BCUT2D eigenvalue weighted by Crippen LogP contribution is -2.26. The number of nitro groups is 1. The van der Waals surface area contributed by atoms with E-state index in [1.807, 2.05) is 0 Å². The molecule has 1 aromatic carbocycles. The highest BCUT2D eigenvalue weighted by molar-refractivity contribution is 7.89. The second kappa shape index (κ2) is 5.01. The first kappa shape index (κ1) is 14.6. The second-order valence-electron chi connectivity index (χ2n) is 3.74. The molecule has 0 aliphatic rings. The van der Waals surface area contributed by atoms with Crippen LogP contribution in [-0.2, 0) is 14.9 Å². The van der Waals surface area contributed by atoms with Crippen molar-refractivity contribution in [3.63, 3.8) is 0 Å². The molecule has 0 aliphatic carbocycles. The Morgan fingerprint density at radius 1 is 1.33 bits per heavy atom. The smallest absolute Gasteiger partial charge is 0.273 e. The van der Waals surface area contributed by atoms with Crippen LogP contribution >= 0.6 is 0 Å². The summed E-state index contributed by atoms with van der Waals surface area (Å²) >= 11 is 0. The quantitative estimate of drug-likeness (QED) is 0.611. The van der Waals surface area contributed by atoms with Crippen LogP contribution in [0.5, 0.6) is 0 Å². The summed E-state index contributed by atoms with van der Waals surface area (Å²) in [6.07, 6.45) is 0. The van der Waals surface area contributed by atoms with Crippen LogP contribution in [0.15, 0.2) is 17.0 Å². The fourth-order valence-electron chi connectivity index (χ4n) is 1.39. The van der Waals surface area contributed by atoms with E-state index >= 15 is 0 Å². The van der Waals surface area contributed by atoms with Crippen molar-refractivity contribution in [2.45, 2.75) is 18.7 Å². The SMILES string of the molecule is CON(C)S(=O)(=O)c1cc(C)c(C)c([N+](=O)[O-])c1. The fraction of sp³-hybridized carbons (Fsp3) is 0.400. The predicted molar refractivity (Wildman–Crippen MR) is 64.5 cm³/mol. The molecule has 0 fully saturated rings. The van der Waals surface area contributed by atoms with E-state index in [9.17, 15) is 18.5 Å². The van der Waals surface area contributed by atoms with E-state index in [2.05, 4.69) is 4.84 Å². The number of hydrogen-bond acceptors (Lipinski definition) is 5. The van der Waals surface area contributed by atoms with Gasteiger partial charge in [-0.2, -0.15) is 0 Å². The Kier molecular flexibility index (Phi) is 4.05. The number of nitrogens with zero attached hydrogens (tertiary/aromatic N) is 2. The standard InChI is InChI=1S/C10H14N2O5S/c1-7-5-9(18(15,16)11(3)17-4)6-10(8(7)2)12(13)14/h5-6H,1-4H3. The molecule has 0 saturated heterocycles. The largest absolute Gasteiger partial charge is 0.288 e. The molecule has 0 heterocycles. The van der Waals surface area contributed by atoms with Crippen molar-refractivity contribution in [2.24, 2.45) is 0 Å². The van der Waals surface area contributed by atoms with Crippen molar-refractivity contribution in [1.29, 1.82) is 0 Å². The van der Waals surface area contributed by atoms with Gasteiger partial charge in [0.05, 0.1) is 16.9 Å². The van der Waals surface area contributed by atoms with Gasteiger partial charge in [0.15, 0.2) is 0 Å². The van der Waals surface area contributed by atoms with E-state index in [1.165, 1.54) is 20.2 Å². The summed E-state index contributed by atoms with van der Waals surface area (Å²) in [6.45, 7) is 3.19. The summed E-state index contributed by atoms with van der Waals surface area (Å²) in [5.41, 5.74) is 0.754. The minimum absolute atomic E-state index is 0.165. The van der Waals surface area contributed by atoms with Gasteiger partial charge >= 0.3 is 0 Å². The van der Waals surface area contributed by atoms with Gasteiger partial charge in [0.1, 0.15) is 0 Å². The molecule has 18 heavy (non-hydrogen) atoms. The van der Waals surface area contributed by atoms with Crippen molar-refractivity contribution in [3.8, 4) is 0 Å². The molecule has 100 valence electrons. The second-order valence-corrected chi connectivity index (χ2v) is 5.67. The summed E-state index contributed by atoms with van der Waals surface area (Å²) in [4.78, 5) is 14.7. The molecule has 8 heteroatoms. The molecular formula is C10H14N2O5S. The molecule has 0 atom stereocenters. The monoisotopic (exact) mass is 274 g/mol. The maximum Gasteiger partial charge on any atom is 0.273 e. The summed E-state index contributed by atoms with van der Waals surface area (Å²) in [5.74, 6) is 0. The lowest BCUT2D eigenvalue weighted by Gasteiger charge is -2.15. The number of sulfonamides is 1. The van der Waals surface area contributed by atoms with Gasteiger partial charge in [-0.25, -0.2) is 8.42 Å². The van der Waals surface area contributed by atoms with Crippen molar-refractivity contribution < 1.29 is 18.2 Å². The number of hydroxylamine groups is 1. The zero-order valence-electron chi connectivity index (χ0n) is 10.5. The van der Waals surface area contributed by atoms with Gasteiger partial charge in [0.25, 0.3) is 15.7 Å². The highest BCUT2D eigenvalue weighted by Gasteiger charge is 2.25.